The summed E-state index contributed by atoms with van der Waals surface area (Å²) in [5.41, 5.74) is 0. The van der Waals surface area contributed by atoms with Gasteiger partial charge in [0.1, 0.15) is 0 Å². The van der Waals surface area contributed by atoms with Gasteiger partial charge in [-0.05, 0) is 26.6 Å². The lowest BCUT2D eigenvalue weighted by Crippen LogP contribution is -2.25. The molecule has 0 aromatic carbocycles. The minimum absolute atomic E-state index is 0.784. The molecule has 0 bridgehead atoms. The van der Waals surface area contributed by atoms with Crippen molar-refractivity contribution in [1.29, 1.82) is 0 Å². The van der Waals surface area contributed by atoms with Crippen LogP contribution in [0.25, 0.3) is 0 Å². The van der Waals surface area contributed by atoms with Crippen LogP contribution in [0.4, 0.5) is 0 Å². The number of rotatable bonds is 3. The summed E-state index contributed by atoms with van der Waals surface area (Å²) < 4.78 is 5.52. The lowest BCUT2D eigenvalue weighted by atomic mass is 10.6. The molecule has 0 radical (unpaired) electrons. The maximum absolute atomic E-state index is 5.52. The van der Waals surface area contributed by atoms with Crippen molar-refractivity contribution in [2.45, 2.75) is 26.6 Å². The van der Waals surface area contributed by atoms with E-state index in [9.17, 15) is 0 Å². The van der Waals surface area contributed by atoms with Gasteiger partial charge in [0.15, 0.2) is 8.32 Å². The molecule has 0 rings (SSSR count). The van der Waals surface area contributed by atoms with Crippen molar-refractivity contribution in [3.8, 4) is 0 Å². The minimum Gasteiger partial charge on any atom is -0.414 e. The average molecular weight is 144 g/mol. The third-order valence-corrected chi connectivity index (χ3v) is 1.88. The third kappa shape index (κ3) is 7.92. The summed E-state index contributed by atoms with van der Waals surface area (Å²) in [7, 11) is -1.25. The Hall–Kier alpha value is -0.0831. The van der Waals surface area contributed by atoms with Gasteiger partial charge in [-0.1, -0.05) is 12.2 Å². The second-order valence-electron chi connectivity index (χ2n) is 2.99. The van der Waals surface area contributed by atoms with Crippen LogP contribution < -0.4 is 0 Å². The fraction of sp³-hybridized carbons (Fsp3) is 0.714. The van der Waals surface area contributed by atoms with Crippen molar-refractivity contribution in [2.24, 2.45) is 0 Å². The largest absolute Gasteiger partial charge is 0.414 e. The zero-order valence-corrected chi connectivity index (χ0v) is 7.77. The molecule has 0 spiro atoms. The highest BCUT2D eigenvalue weighted by Gasteiger charge is 2.11. The van der Waals surface area contributed by atoms with E-state index in [1.165, 1.54) is 0 Å². The van der Waals surface area contributed by atoms with E-state index in [4.69, 9.17) is 4.43 Å². The van der Waals surface area contributed by atoms with Crippen LogP contribution in [0, 0.1) is 0 Å². The molecule has 0 fully saturated rings. The van der Waals surface area contributed by atoms with Crippen LogP contribution in [0.15, 0.2) is 12.2 Å². The Morgan fingerprint density at radius 3 is 2.22 bits per heavy atom. The first-order valence-electron chi connectivity index (χ1n) is 3.31. The standard InChI is InChI=1S/C7H16OSi/c1-5-6-7-8-9(2,3)4/h5-6H,7H2,1-4H3/b6-5-. The highest BCUT2D eigenvalue weighted by Crippen LogP contribution is 2.01. The first-order chi connectivity index (χ1) is 4.06. The van der Waals surface area contributed by atoms with Gasteiger partial charge in [0, 0.05) is 0 Å². The van der Waals surface area contributed by atoms with E-state index in [1.54, 1.807) is 0 Å². The van der Waals surface area contributed by atoms with Gasteiger partial charge in [0.05, 0.1) is 6.61 Å². The smallest absolute Gasteiger partial charge is 0.184 e. The predicted octanol–water partition coefficient (Wildman–Crippen LogP) is 2.41. The van der Waals surface area contributed by atoms with Crippen molar-refractivity contribution < 1.29 is 4.43 Å². The Morgan fingerprint density at radius 1 is 1.33 bits per heavy atom. The van der Waals surface area contributed by atoms with Crippen LogP contribution in [0.1, 0.15) is 6.92 Å². The molecule has 9 heavy (non-hydrogen) atoms. The fourth-order valence-corrected chi connectivity index (χ4v) is 0.991. The molecule has 0 aliphatic heterocycles. The Morgan fingerprint density at radius 2 is 1.89 bits per heavy atom. The van der Waals surface area contributed by atoms with Gasteiger partial charge in [0.25, 0.3) is 0 Å². The zero-order valence-electron chi connectivity index (χ0n) is 6.77. The van der Waals surface area contributed by atoms with Crippen LogP contribution in [0.5, 0.6) is 0 Å². The van der Waals surface area contributed by atoms with E-state index in [0.717, 1.165) is 6.61 Å². The van der Waals surface area contributed by atoms with Gasteiger partial charge in [-0.3, -0.25) is 0 Å². The molecular formula is C7H16OSi. The van der Waals surface area contributed by atoms with Crippen molar-refractivity contribution in [3.63, 3.8) is 0 Å². The molecule has 2 heteroatoms. The number of hydrogen-bond acceptors (Lipinski definition) is 1. The van der Waals surface area contributed by atoms with Gasteiger partial charge < -0.3 is 4.43 Å². The van der Waals surface area contributed by atoms with E-state index in [0.29, 0.717) is 0 Å². The quantitative estimate of drug-likeness (QED) is 0.436. The maximum atomic E-state index is 5.52. The second-order valence-corrected chi connectivity index (χ2v) is 7.51. The molecule has 0 atom stereocenters. The normalized spacial score (nSPS) is 12.9. The molecule has 0 unspecified atom stereocenters. The lowest BCUT2D eigenvalue weighted by molar-refractivity contribution is 0.357. The van der Waals surface area contributed by atoms with Crippen LogP contribution in [0.2, 0.25) is 19.6 Å². The molecule has 0 aliphatic carbocycles. The van der Waals surface area contributed by atoms with Gasteiger partial charge in [-0.25, -0.2) is 0 Å². The van der Waals surface area contributed by atoms with Crippen molar-refractivity contribution in [2.75, 3.05) is 6.61 Å². The molecule has 0 aromatic rings. The molecule has 54 valence electrons. The molecule has 1 nitrogen and oxygen atoms in total. The van der Waals surface area contributed by atoms with Crippen LogP contribution in [-0.2, 0) is 4.43 Å². The Kier molecular flexibility index (Phi) is 3.82. The minimum atomic E-state index is -1.25. The fourth-order valence-electron chi connectivity index (χ4n) is 0.394. The molecule has 0 N–H and O–H groups in total. The van der Waals surface area contributed by atoms with Crippen LogP contribution >= 0.6 is 0 Å². The van der Waals surface area contributed by atoms with E-state index in [2.05, 4.69) is 19.6 Å². The predicted molar refractivity (Wildman–Crippen MR) is 44.1 cm³/mol. The molecule has 0 saturated heterocycles. The van der Waals surface area contributed by atoms with Gasteiger partial charge in [-0.15, -0.1) is 0 Å². The number of hydrogen-bond donors (Lipinski definition) is 0. The molecule has 0 aromatic heterocycles. The Bertz CT molecular complexity index is 91.6. The molecule has 0 heterocycles. The average Bonchev–Trinajstić information content (AvgIpc) is 1.63. The summed E-state index contributed by atoms with van der Waals surface area (Å²) in [4.78, 5) is 0. The third-order valence-electron chi connectivity index (χ3n) is 0.848. The molecule has 0 aliphatic rings. The van der Waals surface area contributed by atoms with Crippen molar-refractivity contribution in [3.05, 3.63) is 12.2 Å². The topological polar surface area (TPSA) is 9.23 Å². The second kappa shape index (κ2) is 3.85. The first-order valence-corrected chi connectivity index (χ1v) is 6.72. The summed E-state index contributed by atoms with van der Waals surface area (Å²) in [6, 6.07) is 0. The highest BCUT2D eigenvalue weighted by molar-refractivity contribution is 6.69. The number of allylic oxidation sites excluding steroid dienone is 1. The molecule has 0 amide bonds. The Labute approximate surface area is 58.9 Å². The van der Waals surface area contributed by atoms with Crippen molar-refractivity contribution in [1.82, 2.24) is 0 Å². The SMILES string of the molecule is C/C=C\CO[Si](C)(C)C. The van der Waals surface area contributed by atoms with E-state index >= 15 is 0 Å². The van der Waals surface area contributed by atoms with Gasteiger partial charge in [0.2, 0.25) is 0 Å². The molecular weight excluding hydrogens is 128 g/mol. The molecule has 0 saturated carbocycles. The van der Waals surface area contributed by atoms with Gasteiger partial charge in [-0.2, -0.15) is 0 Å². The Balaban J connectivity index is 3.28. The summed E-state index contributed by atoms with van der Waals surface area (Å²) in [6.07, 6.45) is 4.05. The van der Waals surface area contributed by atoms with Crippen LogP contribution in [-0.4, -0.2) is 14.9 Å². The summed E-state index contributed by atoms with van der Waals surface area (Å²) >= 11 is 0. The van der Waals surface area contributed by atoms with E-state index in [-0.39, 0.29) is 0 Å². The summed E-state index contributed by atoms with van der Waals surface area (Å²) in [6.45, 7) is 9.36. The monoisotopic (exact) mass is 144 g/mol. The zero-order chi connectivity index (χ0) is 7.33. The highest BCUT2D eigenvalue weighted by atomic mass is 28.4. The lowest BCUT2D eigenvalue weighted by Gasteiger charge is -2.14. The summed E-state index contributed by atoms with van der Waals surface area (Å²) in [5, 5.41) is 0. The van der Waals surface area contributed by atoms with Crippen molar-refractivity contribution >= 4 is 8.32 Å². The van der Waals surface area contributed by atoms with Gasteiger partial charge >= 0.3 is 0 Å². The first kappa shape index (κ1) is 8.92. The maximum Gasteiger partial charge on any atom is 0.184 e. The van der Waals surface area contributed by atoms with Crippen LogP contribution in [0.3, 0.4) is 0 Å². The van der Waals surface area contributed by atoms with E-state index < -0.39 is 8.32 Å². The summed E-state index contributed by atoms with van der Waals surface area (Å²) in [5.74, 6) is 0. The van der Waals surface area contributed by atoms with E-state index in [1.807, 2.05) is 19.1 Å².